The average molecular weight is 448 g/mol. The molecule has 4 rings (SSSR count). The Labute approximate surface area is 183 Å². The number of aliphatic hydroxyl groups is 1. The first-order valence-corrected chi connectivity index (χ1v) is 10.3. The quantitative estimate of drug-likeness (QED) is 0.584. The largest absolute Gasteiger partial charge is 0.356 e. The zero-order chi connectivity index (χ0) is 22.0. The van der Waals surface area contributed by atoms with Crippen LogP contribution in [0.3, 0.4) is 0 Å². The fraction of sp³-hybridized carbons (Fsp3) is 0.381. The van der Waals surface area contributed by atoms with Crippen LogP contribution in [0.4, 0.5) is 4.39 Å². The standard InChI is InChI=1S/C21H23ClFN5O3/c1-31-21(30)26-10-7-16(8-11-26)28-20(29)27(13-14-2-4-15(23)5-3-14)19(25-28)17-6-9-24-12-18(17)22/h2-6,9,12,16,21,30H,7-8,10-11,13H2,1H3. The number of hydrogen-bond acceptors (Lipinski definition) is 6. The lowest BCUT2D eigenvalue weighted by Gasteiger charge is -2.33. The van der Waals surface area contributed by atoms with Crippen LogP contribution in [-0.4, -0.2) is 56.0 Å². The molecule has 1 aromatic carbocycles. The highest BCUT2D eigenvalue weighted by atomic mass is 35.5. The van der Waals surface area contributed by atoms with Gasteiger partial charge in [0.15, 0.2) is 5.82 Å². The zero-order valence-corrected chi connectivity index (χ0v) is 17.7. The molecule has 1 atom stereocenters. The predicted octanol–water partition coefficient (Wildman–Crippen LogP) is 2.51. The average Bonchev–Trinajstić information content (AvgIpc) is 3.11. The summed E-state index contributed by atoms with van der Waals surface area (Å²) in [6, 6.07) is 7.60. The molecule has 1 saturated heterocycles. The van der Waals surface area contributed by atoms with Gasteiger partial charge in [0.1, 0.15) is 5.82 Å². The lowest BCUT2D eigenvalue weighted by Crippen LogP contribution is -2.44. The first-order chi connectivity index (χ1) is 15.0. The number of aromatic nitrogens is 4. The van der Waals surface area contributed by atoms with Gasteiger partial charge in [-0.1, -0.05) is 23.7 Å². The van der Waals surface area contributed by atoms with E-state index in [9.17, 15) is 14.3 Å². The van der Waals surface area contributed by atoms with Crippen molar-refractivity contribution < 1.29 is 14.2 Å². The van der Waals surface area contributed by atoms with Gasteiger partial charge in [-0.25, -0.2) is 13.9 Å². The summed E-state index contributed by atoms with van der Waals surface area (Å²) in [5, 5.41) is 14.9. The van der Waals surface area contributed by atoms with Gasteiger partial charge in [-0.15, -0.1) is 5.10 Å². The van der Waals surface area contributed by atoms with Crippen molar-refractivity contribution in [1.29, 1.82) is 0 Å². The van der Waals surface area contributed by atoms with Gasteiger partial charge in [0.05, 0.1) is 17.6 Å². The number of ether oxygens (including phenoxy) is 1. The topological polar surface area (TPSA) is 85.4 Å². The van der Waals surface area contributed by atoms with Crippen molar-refractivity contribution in [1.82, 2.24) is 24.2 Å². The van der Waals surface area contributed by atoms with Crippen LogP contribution in [-0.2, 0) is 11.3 Å². The van der Waals surface area contributed by atoms with Gasteiger partial charge in [-0.2, -0.15) is 0 Å². The number of rotatable bonds is 6. The Hall–Kier alpha value is -2.59. The molecular formula is C21H23ClFN5O3. The van der Waals surface area contributed by atoms with E-state index < -0.39 is 6.41 Å². The summed E-state index contributed by atoms with van der Waals surface area (Å²) in [5.74, 6) is 0.0929. The number of methoxy groups -OCH3 is 1. The summed E-state index contributed by atoms with van der Waals surface area (Å²) in [7, 11) is 1.45. The molecular weight excluding hydrogens is 425 g/mol. The molecule has 164 valence electrons. The van der Waals surface area contributed by atoms with Crippen molar-refractivity contribution in [3.63, 3.8) is 0 Å². The smallest absolute Gasteiger partial charge is 0.346 e. The van der Waals surface area contributed by atoms with Crippen LogP contribution in [0.25, 0.3) is 11.4 Å². The number of likely N-dealkylation sites (tertiary alicyclic amines) is 1. The van der Waals surface area contributed by atoms with E-state index in [1.807, 2.05) is 0 Å². The third-order valence-corrected chi connectivity index (χ3v) is 5.82. The number of piperidine rings is 1. The Morgan fingerprint density at radius 2 is 1.97 bits per heavy atom. The summed E-state index contributed by atoms with van der Waals surface area (Å²) in [6.45, 7) is 1.37. The van der Waals surface area contributed by atoms with E-state index in [4.69, 9.17) is 16.3 Å². The van der Waals surface area contributed by atoms with Crippen molar-refractivity contribution in [3.8, 4) is 11.4 Å². The Morgan fingerprint density at radius 1 is 1.26 bits per heavy atom. The van der Waals surface area contributed by atoms with Crippen molar-refractivity contribution in [2.75, 3.05) is 20.2 Å². The minimum Gasteiger partial charge on any atom is -0.356 e. The highest BCUT2D eigenvalue weighted by Crippen LogP contribution is 2.27. The number of aliphatic hydroxyl groups excluding tert-OH is 1. The molecule has 0 aliphatic carbocycles. The van der Waals surface area contributed by atoms with Crippen molar-refractivity contribution in [2.24, 2.45) is 0 Å². The van der Waals surface area contributed by atoms with E-state index >= 15 is 0 Å². The van der Waals surface area contributed by atoms with Crippen LogP contribution in [0.15, 0.2) is 47.5 Å². The van der Waals surface area contributed by atoms with E-state index in [1.165, 1.54) is 30.1 Å². The lowest BCUT2D eigenvalue weighted by atomic mass is 10.1. The summed E-state index contributed by atoms with van der Waals surface area (Å²) in [5.41, 5.74) is 1.10. The zero-order valence-electron chi connectivity index (χ0n) is 17.0. The molecule has 0 amide bonds. The van der Waals surface area contributed by atoms with Gasteiger partial charge in [0.2, 0.25) is 6.41 Å². The predicted molar refractivity (Wildman–Crippen MR) is 113 cm³/mol. The maximum atomic E-state index is 13.4. The molecule has 2 aromatic heterocycles. The fourth-order valence-electron chi connectivity index (χ4n) is 3.82. The maximum Gasteiger partial charge on any atom is 0.346 e. The molecule has 8 nitrogen and oxygen atoms in total. The summed E-state index contributed by atoms with van der Waals surface area (Å²) >= 11 is 6.35. The molecule has 3 aromatic rings. The van der Waals surface area contributed by atoms with E-state index in [0.29, 0.717) is 42.3 Å². The second-order valence-corrected chi connectivity index (χ2v) is 7.86. The van der Waals surface area contributed by atoms with Crippen LogP contribution >= 0.6 is 11.6 Å². The SMILES string of the molecule is COC(O)N1CCC(n2nc(-c3ccncc3Cl)n(Cc3ccc(F)cc3)c2=O)CC1. The minimum atomic E-state index is -0.958. The Balaban J connectivity index is 1.70. The molecule has 31 heavy (non-hydrogen) atoms. The van der Waals surface area contributed by atoms with Crippen LogP contribution < -0.4 is 5.69 Å². The van der Waals surface area contributed by atoms with Crippen LogP contribution in [0, 0.1) is 5.82 Å². The first kappa shape index (κ1) is 21.6. The first-order valence-electron chi connectivity index (χ1n) is 9.96. The molecule has 0 bridgehead atoms. The Bertz CT molecular complexity index is 1090. The van der Waals surface area contributed by atoms with Gasteiger partial charge in [0.25, 0.3) is 0 Å². The number of halogens is 2. The van der Waals surface area contributed by atoms with E-state index in [2.05, 4.69) is 10.1 Å². The van der Waals surface area contributed by atoms with Gasteiger partial charge in [-0.05, 0) is 36.6 Å². The number of nitrogens with zero attached hydrogens (tertiary/aromatic N) is 5. The lowest BCUT2D eigenvalue weighted by molar-refractivity contribution is -0.183. The molecule has 0 saturated carbocycles. The second-order valence-electron chi connectivity index (χ2n) is 7.45. The van der Waals surface area contributed by atoms with Crippen molar-refractivity contribution in [2.45, 2.75) is 31.8 Å². The summed E-state index contributed by atoms with van der Waals surface area (Å²) in [6.07, 6.45) is 3.42. The highest BCUT2D eigenvalue weighted by molar-refractivity contribution is 6.33. The molecule has 3 heterocycles. The molecule has 1 aliphatic heterocycles. The summed E-state index contributed by atoms with van der Waals surface area (Å²) < 4.78 is 21.3. The third kappa shape index (κ3) is 4.54. The number of benzene rings is 1. The maximum absolute atomic E-state index is 13.4. The molecule has 10 heteroatoms. The van der Waals surface area contributed by atoms with Gasteiger partial charge in [0, 0.05) is 38.2 Å². The second kappa shape index (κ2) is 9.27. The monoisotopic (exact) mass is 447 g/mol. The summed E-state index contributed by atoms with van der Waals surface area (Å²) in [4.78, 5) is 19.2. The van der Waals surface area contributed by atoms with Crippen LogP contribution in [0.1, 0.15) is 24.4 Å². The molecule has 1 N–H and O–H groups in total. The molecule has 0 radical (unpaired) electrons. The fourth-order valence-corrected chi connectivity index (χ4v) is 4.03. The van der Waals surface area contributed by atoms with Crippen molar-refractivity contribution >= 4 is 11.6 Å². The van der Waals surface area contributed by atoms with Crippen LogP contribution in [0.5, 0.6) is 0 Å². The Kier molecular flexibility index (Phi) is 6.47. The van der Waals surface area contributed by atoms with E-state index in [1.54, 1.807) is 33.9 Å². The normalized spacial score (nSPS) is 16.5. The number of pyridine rings is 1. The highest BCUT2D eigenvalue weighted by Gasteiger charge is 2.28. The molecule has 1 unspecified atom stereocenters. The van der Waals surface area contributed by atoms with Crippen LogP contribution in [0.2, 0.25) is 5.02 Å². The number of hydrogen-bond donors (Lipinski definition) is 1. The van der Waals surface area contributed by atoms with Gasteiger partial charge >= 0.3 is 5.69 Å². The minimum absolute atomic E-state index is 0.123. The molecule has 0 spiro atoms. The van der Waals surface area contributed by atoms with Gasteiger partial charge in [-0.3, -0.25) is 14.5 Å². The van der Waals surface area contributed by atoms with Crippen molar-refractivity contribution in [3.05, 3.63) is 69.6 Å². The Morgan fingerprint density at radius 3 is 2.61 bits per heavy atom. The van der Waals surface area contributed by atoms with Gasteiger partial charge < -0.3 is 9.84 Å². The third-order valence-electron chi connectivity index (χ3n) is 5.52. The van der Waals surface area contributed by atoms with E-state index in [-0.39, 0.29) is 24.1 Å². The van der Waals surface area contributed by atoms with E-state index in [0.717, 1.165) is 5.56 Å². The molecule has 1 aliphatic rings. The molecule has 1 fully saturated rings.